The van der Waals surface area contributed by atoms with Crippen molar-refractivity contribution in [3.8, 4) is 22.8 Å². The molecule has 1 N–H and O–H groups in total. The molecule has 1 aromatic carbocycles. The normalized spacial score (nSPS) is 15.1. The molecule has 0 atom stereocenters. The largest absolute Gasteiger partial charge is 0.379 e. The molecule has 0 unspecified atom stereocenters. The second-order valence-corrected chi connectivity index (χ2v) is 6.28. The van der Waals surface area contributed by atoms with Crippen molar-refractivity contribution in [1.82, 2.24) is 19.9 Å². The quantitative estimate of drug-likeness (QED) is 0.783. The number of hydrogen-bond donors (Lipinski definition) is 1. The number of H-pyrrole nitrogens is 1. The zero-order chi connectivity index (χ0) is 17.8. The van der Waals surface area contributed by atoms with E-state index < -0.39 is 0 Å². The summed E-state index contributed by atoms with van der Waals surface area (Å²) >= 11 is 0. The Morgan fingerprint density at radius 1 is 1.04 bits per heavy atom. The first-order valence-electron chi connectivity index (χ1n) is 8.70. The van der Waals surface area contributed by atoms with Gasteiger partial charge in [-0.1, -0.05) is 30.3 Å². The van der Waals surface area contributed by atoms with E-state index in [0.717, 1.165) is 38.4 Å². The van der Waals surface area contributed by atoms with Crippen molar-refractivity contribution in [2.45, 2.75) is 6.54 Å². The molecule has 3 aromatic rings. The molecule has 4 rings (SSSR count). The van der Waals surface area contributed by atoms with Crippen LogP contribution in [-0.2, 0) is 11.3 Å². The van der Waals surface area contributed by atoms with E-state index in [1.165, 1.54) is 11.6 Å². The number of hydrogen-bond acceptors (Lipinski definition) is 5. The third kappa shape index (κ3) is 3.87. The van der Waals surface area contributed by atoms with Gasteiger partial charge < -0.3 is 9.72 Å². The number of ether oxygens (including phenoxy) is 1. The van der Waals surface area contributed by atoms with Crippen LogP contribution < -0.4 is 5.56 Å². The number of rotatable bonds is 4. The van der Waals surface area contributed by atoms with Gasteiger partial charge in [0.25, 0.3) is 5.56 Å². The highest BCUT2D eigenvalue weighted by Crippen LogP contribution is 2.19. The lowest BCUT2D eigenvalue weighted by Gasteiger charge is -2.26. The topological polar surface area (TPSA) is 71.1 Å². The summed E-state index contributed by atoms with van der Waals surface area (Å²) in [6, 6.07) is 15.2. The van der Waals surface area contributed by atoms with Crippen LogP contribution in [0, 0.1) is 0 Å². The summed E-state index contributed by atoms with van der Waals surface area (Å²) in [5.41, 5.74) is 3.18. The predicted octanol–water partition coefficient (Wildman–Crippen LogP) is 2.33. The van der Waals surface area contributed by atoms with E-state index in [4.69, 9.17) is 4.74 Å². The molecule has 2 aromatic heterocycles. The third-order valence-electron chi connectivity index (χ3n) is 4.41. The second-order valence-electron chi connectivity index (χ2n) is 6.28. The Hall–Kier alpha value is -2.83. The lowest BCUT2D eigenvalue weighted by molar-refractivity contribution is 0.0342. The van der Waals surface area contributed by atoms with Crippen molar-refractivity contribution < 1.29 is 4.74 Å². The van der Waals surface area contributed by atoms with Crippen molar-refractivity contribution in [1.29, 1.82) is 0 Å². The lowest BCUT2D eigenvalue weighted by Crippen LogP contribution is -2.35. The Bertz CT molecular complexity index is 917. The van der Waals surface area contributed by atoms with E-state index in [2.05, 4.69) is 32.0 Å². The molecular formula is C20H20N4O2. The van der Waals surface area contributed by atoms with Crippen molar-refractivity contribution in [3.63, 3.8) is 0 Å². The van der Waals surface area contributed by atoms with E-state index >= 15 is 0 Å². The smallest absolute Gasteiger partial charge is 0.251 e. The second kappa shape index (κ2) is 7.59. The first kappa shape index (κ1) is 16.6. The Morgan fingerprint density at radius 2 is 1.85 bits per heavy atom. The minimum absolute atomic E-state index is 0.187. The molecule has 0 aliphatic carbocycles. The van der Waals surface area contributed by atoms with Gasteiger partial charge in [0.1, 0.15) is 5.82 Å². The summed E-state index contributed by atoms with van der Waals surface area (Å²) in [4.78, 5) is 26.1. The van der Waals surface area contributed by atoms with Crippen molar-refractivity contribution >= 4 is 0 Å². The van der Waals surface area contributed by atoms with E-state index in [1.807, 2.05) is 30.3 Å². The van der Waals surface area contributed by atoms with Crippen LogP contribution >= 0.6 is 0 Å². The molecule has 1 fully saturated rings. The number of benzene rings is 1. The average Bonchev–Trinajstić information content (AvgIpc) is 2.70. The molecular weight excluding hydrogens is 328 g/mol. The van der Waals surface area contributed by atoms with Crippen LogP contribution in [0.25, 0.3) is 22.8 Å². The fraction of sp³-hybridized carbons (Fsp3) is 0.250. The lowest BCUT2D eigenvalue weighted by atomic mass is 10.1. The Balaban J connectivity index is 1.57. The van der Waals surface area contributed by atoms with Gasteiger partial charge in [-0.15, -0.1) is 0 Å². The minimum Gasteiger partial charge on any atom is -0.379 e. The fourth-order valence-electron chi connectivity index (χ4n) is 3.03. The maximum Gasteiger partial charge on any atom is 0.251 e. The summed E-state index contributed by atoms with van der Waals surface area (Å²) in [5, 5.41) is 0. The molecule has 0 spiro atoms. The summed E-state index contributed by atoms with van der Waals surface area (Å²) in [6.45, 7) is 4.42. The SMILES string of the molecule is O=c1cc(-c2ccccn2)nc(-c2ccc(CN3CCOCC3)cc2)[nH]1. The van der Waals surface area contributed by atoms with Crippen molar-refractivity contribution in [2.75, 3.05) is 26.3 Å². The Labute approximate surface area is 151 Å². The first-order chi connectivity index (χ1) is 12.8. The zero-order valence-electron chi connectivity index (χ0n) is 14.4. The molecule has 1 saturated heterocycles. The molecule has 26 heavy (non-hydrogen) atoms. The van der Waals surface area contributed by atoms with Crippen LogP contribution in [0.1, 0.15) is 5.56 Å². The zero-order valence-corrected chi connectivity index (χ0v) is 14.4. The van der Waals surface area contributed by atoms with Crippen molar-refractivity contribution in [2.24, 2.45) is 0 Å². The standard InChI is InChI=1S/C20H20N4O2/c25-19-13-18(17-3-1-2-8-21-17)22-20(23-19)16-6-4-15(5-7-16)14-24-9-11-26-12-10-24/h1-8,13H,9-12,14H2,(H,22,23,25). The number of morpholine rings is 1. The van der Waals surface area contributed by atoms with E-state index in [-0.39, 0.29) is 5.56 Å². The number of nitrogens with one attached hydrogen (secondary N) is 1. The summed E-state index contributed by atoms with van der Waals surface area (Å²) in [5.74, 6) is 0.552. The average molecular weight is 348 g/mol. The van der Waals surface area contributed by atoms with Crippen LogP contribution in [0.15, 0.2) is 59.5 Å². The van der Waals surface area contributed by atoms with Gasteiger partial charge >= 0.3 is 0 Å². The molecule has 0 saturated carbocycles. The molecule has 1 aliphatic rings. The molecule has 0 radical (unpaired) electrons. The molecule has 132 valence electrons. The van der Waals surface area contributed by atoms with Crippen LogP contribution in [0.5, 0.6) is 0 Å². The van der Waals surface area contributed by atoms with Crippen molar-refractivity contribution in [3.05, 3.63) is 70.6 Å². The number of aromatic nitrogens is 3. The monoisotopic (exact) mass is 348 g/mol. The van der Waals surface area contributed by atoms with Crippen LogP contribution in [-0.4, -0.2) is 46.2 Å². The van der Waals surface area contributed by atoms with Gasteiger partial charge in [0.2, 0.25) is 0 Å². The van der Waals surface area contributed by atoms with Gasteiger partial charge in [-0.05, 0) is 17.7 Å². The highest BCUT2D eigenvalue weighted by molar-refractivity contribution is 5.60. The Morgan fingerprint density at radius 3 is 2.58 bits per heavy atom. The van der Waals surface area contributed by atoms with E-state index in [0.29, 0.717) is 17.2 Å². The molecule has 6 heteroatoms. The maximum atomic E-state index is 12.0. The van der Waals surface area contributed by atoms with Gasteiger partial charge in [-0.25, -0.2) is 4.98 Å². The fourth-order valence-corrected chi connectivity index (χ4v) is 3.03. The van der Waals surface area contributed by atoms with Gasteiger partial charge in [-0.3, -0.25) is 14.7 Å². The number of aromatic amines is 1. The van der Waals surface area contributed by atoms with E-state index in [1.54, 1.807) is 6.20 Å². The molecule has 1 aliphatic heterocycles. The van der Waals surface area contributed by atoms with Gasteiger partial charge in [0.05, 0.1) is 24.6 Å². The van der Waals surface area contributed by atoms with Crippen LogP contribution in [0.4, 0.5) is 0 Å². The summed E-state index contributed by atoms with van der Waals surface area (Å²) in [6.07, 6.45) is 1.69. The van der Waals surface area contributed by atoms with Crippen LogP contribution in [0.3, 0.4) is 0 Å². The molecule has 0 bridgehead atoms. The third-order valence-corrected chi connectivity index (χ3v) is 4.41. The van der Waals surface area contributed by atoms with Gasteiger partial charge in [-0.2, -0.15) is 0 Å². The molecule has 0 amide bonds. The first-order valence-corrected chi connectivity index (χ1v) is 8.70. The number of nitrogens with zero attached hydrogens (tertiary/aromatic N) is 3. The molecule has 6 nitrogen and oxygen atoms in total. The predicted molar refractivity (Wildman–Crippen MR) is 99.6 cm³/mol. The van der Waals surface area contributed by atoms with Gasteiger partial charge in [0, 0.05) is 37.5 Å². The number of pyridine rings is 1. The van der Waals surface area contributed by atoms with Gasteiger partial charge in [0.15, 0.2) is 0 Å². The summed E-state index contributed by atoms with van der Waals surface area (Å²) in [7, 11) is 0. The van der Waals surface area contributed by atoms with E-state index in [9.17, 15) is 4.79 Å². The highest BCUT2D eigenvalue weighted by Gasteiger charge is 2.11. The summed E-state index contributed by atoms with van der Waals surface area (Å²) < 4.78 is 5.38. The maximum absolute atomic E-state index is 12.0. The van der Waals surface area contributed by atoms with Crippen LogP contribution in [0.2, 0.25) is 0 Å². The Kier molecular flexibility index (Phi) is 4.86. The molecule has 3 heterocycles. The minimum atomic E-state index is -0.187. The highest BCUT2D eigenvalue weighted by atomic mass is 16.5.